The molecule has 0 bridgehead atoms. The molecule has 1 N–H and O–H groups in total. The molecule has 1 fully saturated rings. The number of hydrogen-bond acceptors (Lipinski definition) is 2. The van der Waals surface area contributed by atoms with Crippen LogP contribution in [-0.2, 0) is 12.8 Å². The summed E-state index contributed by atoms with van der Waals surface area (Å²) in [6.45, 7) is 1.50. The topological polar surface area (TPSA) is 23.5 Å². The van der Waals surface area contributed by atoms with E-state index in [0.717, 1.165) is 0 Å². The van der Waals surface area contributed by atoms with Crippen LogP contribution in [0.3, 0.4) is 0 Å². The summed E-state index contributed by atoms with van der Waals surface area (Å²) >= 11 is 0. The van der Waals surface area contributed by atoms with Gasteiger partial charge in [0.1, 0.15) is 0 Å². The minimum atomic E-state index is 0.326. The van der Waals surface area contributed by atoms with Gasteiger partial charge in [0.05, 0.1) is 6.61 Å². The monoisotopic (exact) mass is 217 g/mol. The van der Waals surface area contributed by atoms with Crippen LogP contribution < -0.4 is 0 Å². The Hall–Kier alpha value is -0.860. The van der Waals surface area contributed by atoms with E-state index in [-0.39, 0.29) is 0 Å². The lowest BCUT2D eigenvalue weighted by molar-refractivity contribution is 0.122. The van der Waals surface area contributed by atoms with E-state index in [4.69, 9.17) is 0 Å². The highest BCUT2D eigenvalue weighted by Crippen LogP contribution is 2.30. The van der Waals surface area contributed by atoms with Gasteiger partial charge in [-0.05, 0) is 43.4 Å². The van der Waals surface area contributed by atoms with Gasteiger partial charge < -0.3 is 5.11 Å². The van der Waals surface area contributed by atoms with Gasteiger partial charge in [-0.25, -0.2) is 0 Å². The van der Waals surface area contributed by atoms with Crippen molar-refractivity contribution in [1.29, 1.82) is 0 Å². The predicted molar refractivity (Wildman–Crippen MR) is 64.5 cm³/mol. The molecule has 1 aliphatic carbocycles. The zero-order chi connectivity index (χ0) is 11.0. The molecule has 1 atom stereocenters. The van der Waals surface area contributed by atoms with E-state index in [1.165, 1.54) is 43.4 Å². The molecular weight excluding hydrogens is 198 g/mol. The second-order valence-corrected chi connectivity index (χ2v) is 5.05. The average molecular weight is 217 g/mol. The number of rotatable bonds is 2. The number of aliphatic hydroxyl groups excluding tert-OH is 1. The van der Waals surface area contributed by atoms with Crippen LogP contribution in [0.25, 0.3) is 0 Å². The molecular formula is C14H19NO. The van der Waals surface area contributed by atoms with Crippen LogP contribution in [0.5, 0.6) is 0 Å². The van der Waals surface area contributed by atoms with Gasteiger partial charge >= 0.3 is 0 Å². The van der Waals surface area contributed by atoms with E-state index in [2.05, 4.69) is 29.2 Å². The SMILES string of the molecule is OC[C@H]1CCCN1C1Cc2ccccc2C1. The first kappa shape index (κ1) is 10.3. The Morgan fingerprint density at radius 3 is 2.50 bits per heavy atom. The molecule has 16 heavy (non-hydrogen) atoms. The molecule has 1 aromatic carbocycles. The minimum absolute atomic E-state index is 0.326. The Bertz CT molecular complexity index is 352. The molecule has 1 saturated heterocycles. The van der Waals surface area contributed by atoms with Crippen LogP contribution in [0.4, 0.5) is 0 Å². The highest BCUT2D eigenvalue weighted by molar-refractivity contribution is 5.33. The van der Waals surface area contributed by atoms with Gasteiger partial charge in [-0.15, -0.1) is 0 Å². The maximum absolute atomic E-state index is 9.37. The van der Waals surface area contributed by atoms with Crippen molar-refractivity contribution in [1.82, 2.24) is 4.90 Å². The normalized spacial score (nSPS) is 26.2. The number of benzene rings is 1. The first-order chi connectivity index (χ1) is 7.88. The smallest absolute Gasteiger partial charge is 0.0586 e. The van der Waals surface area contributed by atoms with Crippen molar-refractivity contribution in [2.45, 2.75) is 37.8 Å². The number of aliphatic hydroxyl groups is 1. The van der Waals surface area contributed by atoms with E-state index >= 15 is 0 Å². The van der Waals surface area contributed by atoms with Crippen molar-refractivity contribution in [2.75, 3.05) is 13.2 Å². The third-order valence-electron chi connectivity index (χ3n) is 4.13. The highest BCUT2D eigenvalue weighted by atomic mass is 16.3. The lowest BCUT2D eigenvalue weighted by Gasteiger charge is -2.29. The Balaban J connectivity index is 1.76. The van der Waals surface area contributed by atoms with Gasteiger partial charge in [0.2, 0.25) is 0 Å². The van der Waals surface area contributed by atoms with Crippen molar-refractivity contribution in [3.8, 4) is 0 Å². The summed E-state index contributed by atoms with van der Waals surface area (Å²) in [6, 6.07) is 9.82. The summed E-state index contributed by atoms with van der Waals surface area (Å²) in [5, 5.41) is 9.37. The Kier molecular flexibility index (Phi) is 2.70. The maximum atomic E-state index is 9.37. The van der Waals surface area contributed by atoms with Crippen LogP contribution >= 0.6 is 0 Å². The first-order valence-electron chi connectivity index (χ1n) is 6.32. The third kappa shape index (κ3) is 1.66. The Morgan fingerprint density at radius 1 is 1.19 bits per heavy atom. The fourth-order valence-corrected chi connectivity index (χ4v) is 3.30. The predicted octanol–water partition coefficient (Wildman–Crippen LogP) is 1.61. The fraction of sp³-hybridized carbons (Fsp3) is 0.571. The van der Waals surface area contributed by atoms with Gasteiger partial charge in [-0.1, -0.05) is 24.3 Å². The van der Waals surface area contributed by atoms with Crippen molar-refractivity contribution < 1.29 is 5.11 Å². The third-order valence-corrected chi connectivity index (χ3v) is 4.13. The highest BCUT2D eigenvalue weighted by Gasteiger charge is 2.33. The van der Waals surface area contributed by atoms with Crippen LogP contribution in [-0.4, -0.2) is 35.2 Å². The molecule has 1 heterocycles. The lowest BCUT2D eigenvalue weighted by Crippen LogP contribution is -2.41. The van der Waals surface area contributed by atoms with E-state index in [0.29, 0.717) is 18.7 Å². The summed E-state index contributed by atoms with van der Waals surface area (Å²) in [5.74, 6) is 0. The van der Waals surface area contributed by atoms with Crippen molar-refractivity contribution in [2.24, 2.45) is 0 Å². The molecule has 0 radical (unpaired) electrons. The number of nitrogens with zero attached hydrogens (tertiary/aromatic N) is 1. The van der Waals surface area contributed by atoms with E-state index in [1.807, 2.05) is 0 Å². The molecule has 0 saturated carbocycles. The second-order valence-electron chi connectivity index (χ2n) is 5.05. The molecule has 2 aliphatic rings. The second kappa shape index (κ2) is 4.19. The van der Waals surface area contributed by atoms with Crippen molar-refractivity contribution in [3.63, 3.8) is 0 Å². The molecule has 1 aromatic rings. The maximum Gasteiger partial charge on any atom is 0.0586 e. The van der Waals surface area contributed by atoms with E-state index < -0.39 is 0 Å². The minimum Gasteiger partial charge on any atom is -0.395 e. The largest absolute Gasteiger partial charge is 0.395 e. The summed E-state index contributed by atoms with van der Waals surface area (Å²) in [5.41, 5.74) is 3.02. The van der Waals surface area contributed by atoms with E-state index in [1.54, 1.807) is 0 Å². The summed E-state index contributed by atoms with van der Waals surface area (Å²) in [6.07, 6.45) is 4.76. The van der Waals surface area contributed by atoms with Gasteiger partial charge in [-0.2, -0.15) is 0 Å². The number of fused-ring (bicyclic) bond motifs is 1. The molecule has 0 unspecified atom stereocenters. The molecule has 2 heteroatoms. The number of hydrogen-bond donors (Lipinski definition) is 1. The molecule has 0 aromatic heterocycles. The molecule has 0 spiro atoms. The van der Waals surface area contributed by atoms with Crippen molar-refractivity contribution in [3.05, 3.63) is 35.4 Å². The molecule has 0 amide bonds. The number of likely N-dealkylation sites (tertiary alicyclic amines) is 1. The van der Waals surface area contributed by atoms with Gasteiger partial charge in [0.25, 0.3) is 0 Å². The standard InChI is InChI=1S/C14H19NO/c16-10-13-6-3-7-15(13)14-8-11-4-1-2-5-12(11)9-14/h1-2,4-5,13-14,16H,3,6-10H2/t13-/m1/s1. The van der Waals surface area contributed by atoms with Crippen LogP contribution in [0.2, 0.25) is 0 Å². The molecule has 3 rings (SSSR count). The van der Waals surface area contributed by atoms with Gasteiger partial charge in [-0.3, -0.25) is 4.90 Å². The molecule has 86 valence electrons. The van der Waals surface area contributed by atoms with Crippen LogP contribution in [0.15, 0.2) is 24.3 Å². The Morgan fingerprint density at radius 2 is 1.88 bits per heavy atom. The van der Waals surface area contributed by atoms with Gasteiger partial charge in [0, 0.05) is 12.1 Å². The summed E-state index contributed by atoms with van der Waals surface area (Å²) in [7, 11) is 0. The Labute approximate surface area is 96.9 Å². The average Bonchev–Trinajstić information content (AvgIpc) is 2.94. The lowest BCUT2D eigenvalue weighted by atomic mass is 10.1. The van der Waals surface area contributed by atoms with E-state index in [9.17, 15) is 5.11 Å². The first-order valence-corrected chi connectivity index (χ1v) is 6.32. The fourth-order valence-electron chi connectivity index (χ4n) is 3.30. The summed E-state index contributed by atoms with van der Waals surface area (Å²) < 4.78 is 0. The quantitative estimate of drug-likeness (QED) is 0.813. The molecule has 2 nitrogen and oxygen atoms in total. The van der Waals surface area contributed by atoms with Crippen LogP contribution in [0, 0.1) is 0 Å². The molecule has 1 aliphatic heterocycles. The van der Waals surface area contributed by atoms with Crippen LogP contribution in [0.1, 0.15) is 24.0 Å². The summed E-state index contributed by atoms with van der Waals surface area (Å²) in [4.78, 5) is 2.53. The zero-order valence-electron chi connectivity index (χ0n) is 9.60. The van der Waals surface area contributed by atoms with Gasteiger partial charge in [0.15, 0.2) is 0 Å². The zero-order valence-corrected chi connectivity index (χ0v) is 9.60. The van der Waals surface area contributed by atoms with Crippen molar-refractivity contribution >= 4 is 0 Å².